The van der Waals surface area contributed by atoms with Crippen LogP contribution in [0.4, 0.5) is 22.7 Å². The van der Waals surface area contributed by atoms with E-state index in [1.165, 1.54) is 0 Å². The van der Waals surface area contributed by atoms with E-state index in [0.29, 0.717) is 36.8 Å². The van der Waals surface area contributed by atoms with Crippen LogP contribution in [-0.4, -0.2) is 6.67 Å². The highest BCUT2D eigenvalue weighted by atomic mass is 15.1. The summed E-state index contributed by atoms with van der Waals surface area (Å²) >= 11 is 0. The Bertz CT molecular complexity index is 611. The van der Waals surface area contributed by atoms with Crippen molar-refractivity contribution >= 4 is 22.7 Å². The Hall–Kier alpha value is -2.44. The van der Waals surface area contributed by atoms with Crippen molar-refractivity contribution in [3.63, 3.8) is 0 Å². The second-order valence-electron chi connectivity index (χ2n) is 4.78. The minimum absolute atomic E-state index is 0.425. The zero-order valence-corrected chi connectivity index (χ0v) is 11.9. The molecule has 0 saturated carbocycles. The van der Waals surface area contributed by atoms with Crippen molar-refractivity contribution in [1.29, 1.82) is 0 Å². The first-order chi connectivity index (χ1) is 10.1. The van der Waals surface area contributed by atoms with Gasteiger partial charge in [-0.3, -0.25) is 5.32 Å². The molecule has 0 spiro atoms. The molecule has 0 radical (unpaired) electrons. The third-order valence-electron chi connectivity index (χ3n) is 3.37. The normalized spacial score (nSPS) is 10.5. The van der Waals surface area contributed by atoms with E-state index in [1.807, 2.05) is 30.3 Å². The highest BCUT2D eigenvalue weighted by Crippen LogP contribution is 2.22. The Labute approximate surface area is 124 Å². The fourth-order valence-corrected chi connectivity index (χ4v) is 2.09. The second-order valence-corrected chi connectivity index (χ2v) is 4.78. The number of hydrogen-bond acceptors (Lipinski definition) is 6. The molecule has 21 heavy (non-hydrogen) atoms. The highest BCUT2D eigenvalue weighted by Gasteiger charge is 2.04. The van der Waals surface area contributed by atoms with E-state index in [2.05, 4.69) is 10.6 Å². The van der Waals surface area contributed by atoms with Gasteiger partial charge in [0.15, 0.2) is 0 Å². The van der Waals surface area contributed by atoms with Gasteiger partial charge in [0.1, 0.15) is 0 Å². The van der Waals surface area contributed by atoms with Gasteiger partial charge < -0.3 is 28.3 Å². The molecule has 10 N–H and O–H groups in total. The summed E-state index contributed by atoms with van der Waals surface area (Å²) in [4.78, 5) is 0. The lowest BCUT2D eigenvalue weighted by molar-refractivity contribution is 0.736. The van der Waals surface area contributed by atoms with Gasteiger partial charge >= 0.3 is 0 Å². The van der Waals surface area contributed by atoms with Crippen molar-refractivity contribution in [3.05, 3.63) is 47.5 Å². The topological polar surface area (TPSA) is 128 Å². The van der Waals surface area contributed by atoms with Gasteiger partial charge in [-0.2, -0.15) is 0 Å². The maximum atomic E-state index is 6.02. The summed E-state index contributed by atoms with van der Waals surface area (Å²) in [5.74, 6) is 0. The van der Waals surface area contributed by atoms with Crippen LogP contribution < -0.4 is 33.6 Å². The van der Waals surface area contributed by atoms with Gasteiger partial charge in [-0.05, 0) is 23.3 Å². The minimum atomic E-state index is 0.425. The van der Waals surface area contributed by atoms with Crippen LogP contribution in [0.1, 0.15) is 11.1 Å². The van der Waals surface area contributed by atoms with Crippen LogP contribution in [0.3, 0.4) is 0 Å². The zero-order valence-electron chi connectivity index (χ0n) is 11.9. The Kier molecular flexibility index (Phi) is 4.86. The van der Waals surface area contributed by atoms with E-state index in [1.54, 1.807) is 6.07 Å². The van der Waals surface area contributed by atoms with Crippen LogP contribution >= 0.6 is 0 Å². The average molecular weight is 286 g/mol. The largest absolute Gasteiger partial charge is 0.397 e. The number of nitrogens with one attached hydrogen (secondary N) is 2. The molecular weight excluding hydrogens is 264 g/mol. The minimum Gasteiger partial charge on any atom is -0.397 e. The van der Waals surface area contributed by atoms with Gasteiger partial charge in [0.25, 0.3) is 0 Å². The van der Waals surface area contributed by atoms with Crippen LogP contribution in [0.15, 0.2) is 36.4 Å². The number of benzene rings is 2. The predicted molar refractivity (Wildman–Crippen MR) is 89.3 cm³/mol. The summed E-state index contributed by atoms with van der Waals surface area (Å²) in [6.45, 7) is 1.61. The van der Waals surface area contributed by atoms with Crippen LogP contribution in [0, 0.1) is 0 Å². The lowest BCUT2D eigenvalue weighted by atomic mass is 10.1. The number of anilines is 4. The summed E-state index contributed by atoms with van der Waals surface area (Å²) in [5.41, 5.74) is 28.0. The molecule has 6 nitrogen and oxygen atoms in total. The SMILES string of the molecule is NCc1cccc(NCNCc2cccc(N)c2N)c1N. The molecule has 0 heterocycles. The first-order valence-electron chi connectivity index (χ1n) is 6.78. The summed E-state index contributed by atoms with van der Waals surface area (Å²) in [6, 6.07) is 11.4. The third-order valence-corrected chi connectivity index (χ3v) is 3.37. The molecule has 112 valence electrons. The van der Waals surface area contributed by atoms with Crippen molar-refractivity contribution in [2.45, 2.75) is 13.1 Å². The van der Waals surface area contributed by atoms with Crippen LogP contribution in [-0.2, 0) is 13.1 Å². The molecule has 0 atom stereocenters. The molecule has 0 saturated heterocycles. The monoisotopic (exact) mass is 286 g/mol. The molecule has 2 aromatic carbocycles. The van der Waals surface area contributed by atoms with Gasteiger partial charge in [-0.25, -0.2) is 0 Å². The molecule has 0 aliphatic rings. The van der Waals surface area contributed by atoms with Crippen molar-refractivity contribution in [1.82, 2.24) is 5.32 Å². The number of para-hydroxylation sites is 2. The van der Waals surface area contributed by atoms with Crippen molar-refractivity contribution in [3.8, 4) is 0 Å². The van der Waals surface area contributed by atoms with E-state index in [4.69, 9.17) is 22.9 Å². The number of rotatable bonds is 6. The highest BCUT2D eigenvalue weighted by molar-refractivity contribution is 5.70. The van der Waals surface area contributed by atoms with E-state index in [0.717, 1.165) is 16.8 Å². The number of nitrogen functional groups attached to an aromatic ring is 3. The average Bonchev–Trinajstić information content (AvgIpc) is 2.49. The molecule has 0 bridgehead atoms. The molecule has 2 rings (SSSR count). The maximum absolute atomic E-state index is 6.02. The van der Waals surface area contributed by atoms with Crippen molar-refractivity contribution in [2.75, 3.05) is 29.2 Å². The van der Waals surface area contributed by atoms with E-state index in [9.17, 15) is 0 Å². The molecule has 0 aliphatic carbocycles. The van der Waals surface area contributed by atoms with Gasteiger partial charge in [0, 0.05) is 13.1 Å². The number of hydrogen-bond donors (Lipinski definition) is 6. The molecule has 0 unspecified atom stereocenters. The summed E-state index contributed by atoms with van der Waals surface area (Å²) in [7, 11) is 0. The van der Waals surface area contributed by atoms with Crippen molar-refractivity contribution in [2.24, 2.45) is 5.73 Å². The fourth-order valence-electron chi connectivity index (χ4n) is 2.09. The van der Waals surface area contributed by atoms with Crippen LogP contribution in [0.2, 0.25) is 0 Å². The summed E-state index contributed by atoms with van der Waals surface area (Å²) in [6.07, 6.45) is 0. The molecule has 2 aromatic rings. The molecule has 0 aromatic heterocycles. The zero-order chi connectivity index (χ0) is 15.2. The first-order valence-corrected chi connectivity index (χ1v) is 6.78. The molecule has 6 heteroatoms. The molecule has 0 fully saturated rings. The van der Waals surface area contributed by atoms with E-state index >= 15 is 0 Å². The Morgan fingerprint density at radius 3 is 2.33 bits per heavy atom. The number of nitrogens with two attached hydrogens (primary N) is 4. The molecule has 0 amide bonds. The van der Waals surface area contributed by atoms with Crippen molar-refractivity contribution < 1.29 is 0 Å². The van der Waals surface area contributed by atoms with Crippen LogP contribution in [0.25, 0.3) is 0 Å². The smallest absolute Gasteiger partial charge is 0.0656 e. The maximum Gasteiger partial charge on any atom is 0.0656 e. The van der Waals surface area contributed by atoms with E-state index in [-0.39, 0.29) is 0 Å². The summed E-state index contributed by atoms with van der Waals surface area (Å²) in [5, 5.41) is 6.48. The van der Waals surface area contributed by atoms with Gasteiger partial charge in [0.2, 0.25) is 0 Å². The van der Waals surface area contributed by atoms with Gasteiger partial charge in [-0.1, -0.05) is 24.3 Å². The van der Waals surface area contributed by atoms with Gasteiger partial charge in [-0.15, -0.1) is 0 Å². The third kappa shape index (κ3) is 3.56. The first kappa shape index (κ1) is 15.0. The summed E-state index contributed by atoms with van der Waals surface area (Å²) < 4.78 is 0. The van der Waals surface area contributed by atoms with E-state index < -0.39 is 0 Å². The Morgan fingerprint density at radius 2 is 1.57 bits per heavy atom. The quantitative estimate of drug-likeness (QED) is 0.267. The molecule has 0 aliphatic heterocycles. The van der Waals surface area contributed by atoms with Gasteiger partial charge in [0.05, 0.1) is 29.4 Å². The predicted octanol–water partition coefficient (Wildman–Crippen LogP) is 1.05. The van der Waals surface area contributed by atoms with Crippen LogP contribution in [0.5, 0.6) is 0 Å². The lowest BCUT2D eigenvalue weighted by Gasteiger charge is -2.14. The second kappa shape index (κ2) is 6.83. The fraction of sp³-hybridized carbons (Fsp3) is 0.200. The lowest BCUT2D eigenvalue weighted by Crippen LogP contribution is -2.22. The Balaban J connectivity index is 1.89. The molecular formula is C15H22N6. The Morgan fingerprint density at radius 1 is 0.857 bits per heavy atom. The standard InChI is InChI=1S/C15H22N6/c16-7-10-3-2-6-13(15(10)19)21-9-20-8-11-4-1-5-12(17)14(11)18/h1-6,20-21H,7-9,16-19H2.